The van der Waals surface area contributed by atoms with Crippen LogP contribution in [-0.2, 0) is 16.3 Å². The molecule has 0 aromatic heterocycles. The SMILES string of the molecule is CC(C)Cc1ccc(C(O)CNCCS(C)(=O)=O)cc1. The lowest BCUT2D eigenvalue weighted by Gasteiger charge is -2.13. The molecular weight excluding hydrogens is 274 g/mol. The summed E-state index contributed by atoms with van der Waals surface area (Å²) < 4.78 is 21.9. The van der Waals surface area contributed by atoms with Gasteiger partial charge in [-0.2, -0.15) is 0 Å². The van der Waals surface area contributed by atoms with E-state index in [1.165, 1.54) is 11.8 Å². The van der Waals surface area contributed by atoms with Gasteiger partial charge >= 0.3 is 0 Å². The molecule has 1 atom stereocenters. The van der Waals surface area contributed by atoms with Gasteiger partial charge in [-0.3, -0.25) is 0 Å². The Balaban J connectivity index is 2.41. The predicted molar refractivity (Wildman–Crippen MR) is 82.5 cm³/mol. The van der Waals surface area contributed by atoms with E-state index >= 15 is 0 Å². The molecule has 0 bridgehead atoms. The van der Waals surface area contributed by atoms with Crippen LogP contribution in [0.4, 0.5) is 0 Å². The second kappa shape index (κ2) is 7.76. The van der Waals surface area contributed by atoms with Gasteiger partial charge in [0.2, 0.25) is 0 Å². The summed E-state index contributed by atoms with van der Waals surface area (Å²) in [5, 5.41) is 13.0. The molecule has 0 aliphatic rings. The van der Waals surface area contributed by atoms with Crippen LogP contribution in [0.15, 0.2) is 24.3 Å². The average Bonchev–Trinajstić information content (AvgIpc) is 2.33. The molecule has 0 saturated heterocycles. The monoisotopic (exact) mass is 299 g/mol. The molecule has 0 fully saturated rings. The first kappa shape index (κ1) is 17.1. The summed E-state index contributed by atoms with van der Waals surface area (Å²) in [7, 11) is -2.95. The van der Waals surface area contributed by atoms with Gasteiger partial charge in [-0.05, 0) is 23.5 Å². The molecule has 1 aromatic rings. The van der Waals surface area contributed by atoms with Gasteiger partial charge in [0.1, 0.15) is 9.84 Å². The van der Waals surface area contributed by atoms with Gasteiger partial charge in [0, 0.05) is 19.3 Å². The first-order valence-corrected chi connectivity index (χ1v) is 8.99. The average molecular weight is 299 g/mol. The molecule has 1 aromatic carbocycles. The number of hydrogen-bond donors (Lipinski definition) is 2. The van der Waals surface area contributed by atoms with Crippen molar-refractivity contribution in [2.45, 2.75) is 26.4 Å². The third kappa shape index (κ3) is 7.03. The van der Waals surface area contributed by atoms with E-state index in [4.69, 9.17) is 0 Å². The molecule has 2 N–H and O–H groups in total. The van der Waals surface area contributed by atoms with Crippen LogP contribution < -0.4 is 5.32 Å². The summed E-state index contributed by atoms with van der Waals surface area (Å²) in [6, 6.07) is 7.94. The predicted octanol–water partition coefficient (Wildman–Crippen LogP) is 1.55. The van der Waals surface area contributed by atoms with Crippen molar-refractivity contribution in [2.75, 3.05) is 25.1 Å². The molecule has 114 valence electrons. The molecule has 0 radical (unpaired) electrons. The van der Waals surface area contributed by atoms with Crippen molar-refractivity contribution in [1.82, 2.24) is 5.32 Å². The van der Waals surface area contributed by atoms with Gasteiger partial charge in [-0.15, -0.1) is 0 Å². The highest BCUT2D eigenvalue weighted by Crippen LogP contribution is 2.15. The molecular formula is C15H25NO3S. The maximum Gasteiger partial charge on any atom is 0.148 e. The first-order valence-electron chi connectivity index (χ1n) is 6.93. The maximum absolute atomic E-state index is 11.0. The molecule has 0 aliphatic carbocycles. The standard InChI is InChI=1S/C15H25NO3S/c1-12(2)10-13-4-6-14(7-5-13)15(17)11-16-8-9-20(3,18)19/h4-7,12,15-17H,8-11H2,1-3H3. The smallest absolute Gasteiger partial charge is 0.148 e. The Labute approximate surface area is 122 Å². The summed E-state index contributed by atoms with van der Waals surface area (Å²) in [4.78, 5) is 0. The van der Waals surface area contributed by atoms with Gasteiger partial charge in [0.25, 0.3) is 0 Å². The molecule has 1 unspecified atom stereocenters. The number of hydrogen-bond acceptors (Lipinski definition) is 4. The molecule has 5 heteroatoms. The molecule has 0 spiro atoms. The van der Waals surface area contributed by atoms with E-state index in [9.17, 15) is 13.5 Å². The normalized spacial score (nSPS) is 13.7. The second-order valence-corrected chi connectivity index (χ2v) is 7.95. The molecule has 20 heavy (non-hydrogen) atoms. The fraction of sp³-hybridized carbons (Fsp3) is 0.600. The summed E-state index contributed by atoms with van der Waals surface area (Å²) in [6.07, 6.45) is 1.63. The van der Waals surface area contributed by atoms with E-state index in [-0.39, 0.29) is 5.75 Å². The minimum absolute atomic E-state index is 0.0903. The second-order valence-electron chi connectivity index (χ2n) is 5.69. The quantitative estimate of drug-likeness (QED) is 0.715. The van der Waals surface area contributed by atoms with E-state index in [2.05, 4.69) is 19.2 Å². The van der Waals surface area contributed by atoms with Crippen LogP contribution >= 0.6 is 0 Å². The van der Waals surface area contributed by atoms with Gasteiger partial charge in [0.15, 0.2) is 0 Å². The van der Waals surface area contributed by atoms with E-state index in [0.29, 0.717) is 19.0 Å². The molecule has 1 rings (SSSR count). The fourth-order valence-corrected chi connectivity index (χ4v) is 2.48. The molecule has 0 aliphatic heterocycles. The Morgan fingerprint density at radius 3 is 2.30 bits per heavy atom. The van der Waals surface area contributed by atoms with Crippen molar-refractivity contribution in [3.8, 4) is 0 Å². The lowest BCUT2D eigenvalue weighted by atomic mass is 10.0. The summed E-state index contributed by atoms with van der Waals surface area (Å²) in [6.45, 7) is 5.07. The van der Waals surface area contributed by atoms with Crippen molar-refractivity contribution in [1.29, 1.82) is 0 Å². The topological polar surface area (TPSA) is 66.4 Å². The molecule has 0 saturated carbocycles. The molecule has 0 amide bonds. The number of aliphatic hydroxyl groups is 1. The Morgan fingerprint density at radius 1 is 1.20 bits per heavy atom. The van der Waals surface area contributed by atoms with Gasteiger partial charge in [-0.25, -0.2) is 8.42 Å². The van der Waals surface area contributed by atoms with Crippen LogP contribution in [0.5, 0.6) is 0 Å². The Kier molecular flexibility index (Phi) is 6.65. The van der Waals surface area contributed by atoms with E-state index in [0.717, 1.165) is 12.0 Å². The molecule has 0 heterocycles. The molecule has 4 nitrogen and oxygen atoms in total. The number of benzene rings is 1. The minimum atomic E-state index is -2.95. The highest BCUT2D eigenvalue weighted by Gasteiger charge is 2.08. The summed E-state index contributed by atoms with van der Waals surface area (Å²) in [5.41, 5.74) is 2.12. The minimum Gasteiger partial charge on any atom is -0.387 e. The van der Waals surface area contributed by atoms with Crippen molar-refractivity contribution in [3.63, 3.8) is 0 Å². The van der Waals surface area contributed by atoms with Crippen LogP contribution in [0.2, 0.25) is 0 Å². The van der Waals surface area contributed by atoms with Crippen molar-refractivity contribution in [2.24, 2.45) is 5.92 Å². The van der Waals surface area contributed by atoms with Crippen LogP contribution in [0, 0.1) is 5.92 Å². The van der Waals surface area contributed by atoms with Crippen LogP contribution in [-0.4, -0.2) is 38.6 Å². The zero-order valence-corrected chi connectivity index (χ0v) is 13.3. The number of nitrogens with one attached hydrogen (secondary N) is 1. The first-order chi connectivity index (χ1) is 9.28. The number of rotatable bonds is 8. The number of aliphatic hydroxyl groups excluding tert-OH is 1. The van der Waals surface area contributed by atoms with Crippen molar-refractivity contribution < 1.29 is 13.5 Å². The van der Waals surface area contributed by atoms with E-state index < -0.39 is 15.9 Å². The van der Waals surface area contributed by atoms with E-state index in [1.54, 1.807) is 0 Å². The highest BCUT2D eigenvalue weighted by atomic mass is 32.2. The van der Waals surface area contributed by atoms with Crippen molar-refractivity contribution >= 4 is 9.84 Å². The fourth-order valence-electron chi connectivity index (χ4n) is 1.96. The highest BCUT2D eigenvalue weighted by molar-refractivity contribution is 7.90. The zero-order valence-electron chi connectivity index (χ0n) is 12.5. The van der Waals surface area contributed by atoms with Crippen LogP contribution in [0.25, 0.3) is 0 Å². The summed E-state index contributed by atoms with van der Waals surface area (Å²) >= 11 is 0. The lowest BCUT2D eigenvalue weighted by Crippen LogP contribution is -2.26. The third-order valence-electron chi connectivity index (χ3n) is 3.00. The Hall–Kier alpha value is -0.910. The zero-order chi connectivity index (χ0) is 15.2. The Bertz CT molecular complexity index is 494. The number of sulfone groups is 1. The van der Waals surface area contributed by atoms with Crippen LogP contribution in [0.3, 0.4) is 0 Å². The van der Waals surface area contributed by atoms with Gasteiger partial charge < -0.3 is 10.4 Å². The van der Waals surface area contributed by atoms with Gasteiger partial charge in [0.05, 0.1) is 11.9 Å². The van der Waals surface area contributed by atoms with Crippen molar-refractivity contribution in [3.05, 3.63) is 35.4 Å². The lowest BCUT2D eigenvalue weighted by molar-refractivity contribution is 0.175. The maximum atomic E-state index is 11.0. The Morgan fingerprint density at radius 2 is 1.80 bits per heavy atom. The third-order valence-corrected chi connectivity index (χ3v) is 3.94. The largest absolute Gasteiger partial charge is 0.387 e. The van der Waals surface area contributed by atoms with E-state index in [1.807, 2.05) is 24.3 Å². The summed E-state index contributed by atoms with van der Waals surface area (Å²) in [5.74, 6) is 0.705. The van der Waals surface area contributed by atoms with Gasteiger partial charge in [-0.1, -0.05) is 38.1 Å². The van der Waals surface area contributed by atoms with Crippen LogP contribution in [0.1, 0.15) is 31.1 Å².